The molecule has 1 aromatic heterocycles. The molecule has 2 fully saturated rings. The first-order valence-corrected chi connectivity index (χ1v) is 14.1. The number of nitriles is 1. The summed E-state index contributed by atoms with van der Waals surface area (Å²) in [6, 6.07) is 18.2. The van der Waals surface area contributed by atoms with E-state index in [2.05, 4.69) is 16.0 Å². The Labute approximate surface area is 243 Å². The van der Waals surface area contributed by atoms with Gasteiger partial charge in [0, 0.05) is 55.8 Å². The number of aromatic nitrogens is 1. The highest BCUT2D eigenvalue weighted by Crippen LogP contribution is 2.35. The van der Waals surface area contributed by atoms with E-state index in [1.54, 1.807) is 17.2 Å². The lowest BCUT2D eigenvalue weighted by Gasteiger charge is -2.34. The summed E-state index contributed by atoms with van der Waals surface area (Å²) in [4.78, 5) is 37.1. The van der Waals surface area contributed by atoms with Gasteiger partial charge in [-0.2, -0.15) is 5.26 Å². The normalized spacial score (nSPS) is 19.1. The van der Waals surface area contributed by atoms with E-state index in [1.807, 2.05) is 42.2 Å². The van der Waals surface area contributed by atoms with Gasteiger partial charge in [0.15, 0.2) is 0 Å². The zero-order valence-electron chi connectivity index (χ0n) is 22.7. The van der Waals surface area contributed by atoms with E-state index in [-0.39, 0.29) is 29.5 Å². The van der Waals surface area contributed by atoms with E-state index in [4.69, 9.17) is 21.6 Å². The van der Waals surface area contributed by atoms with Crippen LogP contribution in [0.2, 0.25) is 5.02 Å². The Morgan fingerprint density at radius 1 is 1.07 bits per heavy atom. The third-order valence-electron chi connectivity index (χ3n) is 7.94. The monoisotopic (exact) mass is 575 g/mol. The molecule has 0 bridgehead atoms. The minimum Gasteiger partial charge on any atom is -0.410 e. The standard InChI is InChI=1S/C31H31ClFN5O3/c1-2-38(31(40)41-26-10-8-25(33)9-11-26)28-20-37(19-27(28)22-4-6-24(32)7-5-22)30(39)23-13-15-36(16-14-23)29-12-3-21(17-34)18-35-29/h3-12,18,23,27-28H,2,13-16,19-20H2,1H3/t27-,28+/m0/s1. The number of benzene rings is 2. The number of pyridine rings is 1. The largest absolute Gasteiger partial charge is 0.415 e. The Morgan fingerprint density at radius 2 is 1.78 bits per heavy atom. The molecule has 2 aromatic carbocycles. The number of anilines is 1. The Bertz CT molecular complexity index is 1400. The molecular formula is C31H31ClFN5O3. The molecule has 8 nitrogen and oxygen atoms in total. The first-order chi connectivity index (χ1) is 19.9. The molecule has 0 unspecified atom stereocenters. The van der Waals surface area contributed by atoms with E-state index < -0.39 is 11.9 Å². The van der Waals surface area contributed by atoms with Crippen LogP contribution in [-0.2, 0) is 4.79 Å². The van der Waals surface area contributed by atoms with E-state index in [1.165, 1.54) is 24.3 Å². The number of hydrogen-bond acceptors (Lipinski definition) is 6. The SMILES string of the molecule is CCN(C(=O)Oc1ccc(F)cc1)[C@@H]1CN(C(=O)C2CCN(c3ccc(C#N)cn3)CC2)C[C@H]1c1ccc(Cl)cc1. The molecule has 10 heteroatoms. The zero-order chi connectivity index (χ0) is 28.9. The molecule has 5 rings (SSSR count). The van der Waals surface area contributed by atoms with Gasteiger partial charge in [0.05, 0.1) is 11.6 Å². The molecular weight excluding hydrogens is 545 g/mol. The van der Waals surface area contributed by atoms with Crippen molar-refractivity contribution in [1.82, 2.24) is 14.8 Å². The van der Waals surface area contributed by atoms with Crippen LogP contribution in [0.3, 0.4) is 0 Å². The highest BCUT2D eigenvalue weighted by atomic mass is 35.5. The van der Waals surface area contributed by atoms with Crippen molar-refractivity contribution in [3.63, 3.8) is 0 Å². The van der Waals surface area contributed by atoms with Crippen molar-refractivity contribution in [2.75, 3.05) is 37.6 Å². The van der Waals surface area contributed by atoms with Gasteiger partial charge in [0.25, 0.3) is 0 Å². The molecule has 0 aliphatic carbocycles. The molecule has 0 saturated carbocycles. The van der Waals surface area contributed by atoms with E-state index in [9.17, 15) is 14.0 Å². The molecule has 2 aliphatic heterocycles. The number of ether oxygens (including phenoxy) is 1. The molecule has 2 amide bonds. The third-order valence-corrected chi connectivity index (χ3v) is 8.19. The second-order valence-electron chi connectivity index (χ2n) is 10.4. The second-order valence-corrected chi connectivity index (χ2v) is 10.8. The Hall–Kier alpha value is -4.16. The molecule has 3 heterocycles. The van der Waals surface area contributed by atoms with Crippen molar-refractivity contribution in [1.29, 1.82) is 5.26 Å². The number of amides is 2. The number of carbonyl (C=O) groups is 2. The van der Waals surface area contributed by atoms with Gasteiger partial charge < -0.3 is 19.4 Å². The highest BCUT2D eigenvalue weighted by Gasteiger charge is 2.43. The number of piperidine rings is 1. The first kappa shape index (κ1) is 28.4. The summed E-state index contributed by atoms with van der Waals surface area (Å²) < 4.78 is 18.9. The average molecular weight is 576 g/mol. The number of likely N-dealkylation sites (N-methyl/N-ethyl adjacent to an activating group) is 1. The smallest absolute Gasteiger partial charge is 0.410 e. The minimum absolute atomic E-state index is 0.0851. The topological polar surface area (TPSA) is 89.8 Å². The van der Waals surface area contributed by atoms with Crippen molar-refractivity contribution in [3.8, 4) is 11.8 Å². The average Bonchev–Trinajstić information content (AvgIpc) is 3.44. The number of hydrogen-bond donors (Lipinski definition) is 0. The molecule has 0 spiro atoms. The van der Waals surface area contributed by atoms with E-state index in [0.717, 1.165) is 11.4 Å². The van der Waals surface area contributed by atoms with Crippen molar-refractivity contribution in [2.24, 2.45) is 5.92 Å². The predicted molar refractivity (Wildman–Crippen MR) is 153 cm³/mol. The lowest BCUT2D eigenvalue weighted by Crippen LogP contribution is -2.47. The van der Waals surface area contributed by atoms with Gasteiger partial charge in [0.2, 0.25) is 5.91 Å². The second kappa shape index (κ2) is 12.6. The maximum Gasteiger partial charge on any atom is 0.415 e. The predicted octanol–water partition coefficient (Wildman–Crippen LogP) is 5.48. The lowest BCUT2D eigenvalue weighted by atomic mass is 9.93. The summed E-state index contributed by atoms with van der Waals surface area (Å²) in [6.07, 6.45) is 2.41. The van der Waals surface area contributed by atoms with Gasteiger partial charge in [-0.25, -0.2) is 14.2 Å². The Balaban J connectivity index is 1.30. The van der Waals surface area contributed by atoms with Gasteiger partial charge in [0.1, 0.15) is 23.5 Å². The van der Waals surface area contributed by atoms with Crippen LogP contribution in [0.15, 0.2) is 66.9 Å². The van der Waals surface area contributed by atoms with Crippen molar-refractivity contribution in [2.45, 2.75) is 31.7 Å². The van der Waals surface area contributed by atoms with Crippen LogP contribution in [0.5, 0.6) is 5.75 Å². The maximum absolute atomic E-state index is 13.8. The number of likely N-dealkylation sites (tertiary alicyclic amines) is 1. The summed E-state index contributed by atoms with van der Waals surface area (Å²) >= 11 is 6.15. The van der Waals surface area contributed by atoms with Crippen LogP contribution >= 0.6 is 11.6 Å². The minimum atomic E-state index is -0.541. The zero-order valence-corrected chi connectivity index (χ0v) is 23.5. The fourth-order valence-electron chi connectivity index (χ4n) is 5.73. The van der Waals surface area contributed by atoms with Gasteiger partial charge in [-0.15, -0.1) is 0 Å². The van der Waals surface area contributed by atoms with Crippen LogP contribution in [0.4, 0.5) is 15.0 Å². The van der Waals surface area contributed by atoms with Crippen LogP contribution < -0.4 is 9.64 Å². The van der Waals surface area contributed by atoms with Crippen LogP contribution in [0, 0.1) is 23.1 Å². The molecule has 3 aromatic rings. The summed E-state index contributed by atoms with van der Waals surface area (Å²) in [5.41, 5.74) is 1.50. The van der Waals surface area contributed by atoms with Crippen LogP contribution in [0.25, 0.3) is 0 Å². The molecule has 2 aliphatic rings. The third kappa shape index (κ3) is 6.44. The van der Waals surface area contributed by atoms with Crippen molar-refractivity contribution >= 4 is 29.4 Å². The van der Waals surface area contributed by atoms with Gasteiger partial charge in [-0.1, -0.05) is 23.7 Å². The number of nitrogens with zero attached hydrogens (tertiary/aromatic N) is 5. The Kier molecular flexibility index (Phi) is 8.70. The van der Waals surface area contributed by atoms with Crippen molar-refractivity contribution in [3.05, 3.63) is 88.8 Å². The summed E-state index contributed by atoms with van der Waals surface area (Å²) in [5, 5.41) is 9.64. The van der Waals surface area contributed by atoms with E-state index in [0.29, 0.717) is 56.2 Å². The molecule has 2 atom stereocenters. The summed E-state index contributed by atoms with van der Waals surface area (Å²) in [5.74, 6) is 0.477. The van der Waals surface area contributed by atoms with Gasteiger partial charge >= 0.3 is 6.09 Å². The lowest BCUT2D eigenvalue weighted by molar-refractivity contribution is -0.135. The number of rotatable bonds is 6. The van der Waals surface area contributed by atoms with Crippen molar-refractivity contribution < 1.29 is 18.7 Å². The fraction of sp³-hybridized carbons (Fsp3) is 0.355. The molecule has 0 radical (unpaired) electrons. The molecule has 0 N–H and O–H groups in total. The Morgan fingerprint density at radius 3 is 2.39 bits per heavy atom. The van der Waals surface area contributed by atoms with Gasteiger partial charge in [-0.3, -0.25) is 4.79 Å². The van der Waals surface area contributed by atoms with Gasteiger partial charge in [-0.05, 0) is 73.9 Å². The summed E-state index contributed by atoms with van der Waals surface area (Å²) in [6.45, 7) is 4.50. The number of halogens is 2. The van der Waals surface area contributed by atoms with Crippen LogP contribution in [-0.4, -0.2) is 65.5 Å². The molecule has 41 heavy (non-hydrogen) atoms. The highest BCUT2D eigenvalue weighted by molar-refractivity contribution is 6.30. The summed E-state index contributed by atoms with van der Waals surface area (Å²) in [7, 11) is 0. The quantitative estimate of drug-likeness (QED) is 0.387. The van der Waals surface area contributed by atoms with Crippen LogP contribution in [0.1, 0.15) is 36.8 Å². The maximum atomic E-state index is 13.8. The first-order valence-electron chi connectivity index (χ1n) is 13.8. The van der Waals surface area contributed by atoms with E-state index >= 15 is 0 Å². The molecule has 2 saturated heterocycles. The molecule has 212 valence electrons. The fourth-order valence-corrected chi connectivity index (χ4v) is 5.86. The number of carbonyl (C=O) groups excluding carboxylic acids is 2.